The Bertz CT molecular complexity index is 1030. The first-order chi connectivity index (χ1) is 17.9. The average Bonchev–Trinajstić information content (AvgIpc) is 2.85. The molecule has 2 unspecified atom stereocenters. The number of terminal acetylenes is 1. The third kappa shape index (κ3) is 9.58. The molecule has 2 atom stereocenters. The number of nitrogens with two attached hydrogens (primary N) is 1. The monoisotopic (exact) mass is 524 g/mol. The number of amides is 4. The fourth-order valence-electron chi connectivity index (χ4n) is 4.42. The number of hydrogen-bond donors (Lipinski definition) is 3. The molecule has 206 valence electrons. The van der Waals surface area contributed by atoms with E-state index >= 15 is 0 Å². The Morgan fingerprint density at radius 1 is 1.18 bits per heavy atom. The lowest BCUT2D eigenvalue weighted by atomic mass is 9.94. The van der Waals surface area contributed by atoms with Gasteiger partial charge < -0.3 is 26.0 Å². The minimum absolute atomic E-state index is 0.00922. The van der Waals surface area contributed by atoms with E-state index in [1.165, 1.54) is 11.0 Å². The highest BCUT2D eigenvalue weighted by molar-refractivity contribution is 5.92. The van der Waals surface area contributed by atoms with Crippen LogP contribution in [-0.4, -0.2) is 52.9 Å². The molecule has 0 heterocycles. The summed E-state index contributed by atoms with van der Waals surface area (Å²) in [5, 5.41) is 5.67. The molecule has 0 radical (unpaired) electrons. The van der Waals surface area contributed by atoms with Gasteiger partial charge in [-0.3, -0.25) is 14.4 Å². The largest absolute Gasteiger partial charge is 0.444 e. The predicted molar refractivity (Wildman–Crippen MR) is 146 cm³/mol. The maximum atomic E-state index is 13.9. The Kier molecular flexibility index (Phi) is 11.4. The van der Waals surface area contributed by atoms with Crippen molar-refractivity contribution >= 4 is 23.8 Å². The van der Waals surface area contributed by atoms with Crippen LogP contribution in [-0.2, 0) is 19.1 Å². The van der Waals surface area contributed by atoms with Gasteiger partial charge in [0.2, 0.25) is 17.7 Å². The number of ether oxygens (including phenoxy) is 1. The fourth-order valence-corrected chi connectivity index (χ4v) is 4.42. The summed E-state index contributed by atoms with van der Waals surface area (Å²) in [5.74, 6) is 1.01. The van der Waals surface area contributed by atoms with E-state index in [0.29, 0.717) is 11.1 Å². The molecule has 1 aromatic carbocycles. The van der Waals surface area contributed by atoms with Crippen molar-refractivity contribution in [1.82, 2.24) is 15.5 Å². The van der Waals surface area contributed by atoms with Crippen LogP contribution < -0.4 is 16.4 Å². The molecule has 4 N–H and O–H groups in total. The Morgan fingerprint density at radius 2 is 1.82 bits per heavy atom. The van der Waals surface area contributed by atoms with Gasteiger partial charge in [-0.25, -0.2) is 4.79 Å². The molecular weight excluding hydrogens is 484 g/mol. The number of carbonyl (C=O) groups excluding carboxylic acids is 4. The van der Waals surface area contributed by atoms with Crippen molar-refractivity contribution < 1.29 is 23.9 Å². The molecule has 4 amide bonds. The van der Waals surface area contributed by atoms with Gasteiger partial charge in [-0.2, -0.15) is 0 Å². The van der Waals surface area contributed by atoms with E-state index < -0.39 is 35.6 Å². The molecule has 0 aromatic heterocycles. The number of rotatable bonds is 11. The van der Waals surface area contributed by atoms with E-state index in [-0.39, 0.29) is 31.3 Å². The van der Waals surface area contributed by atoms with Gasteiger partial charge in [0.15, 0.2) is 0 Å². The molecule has 1 saturated carbocycles. The highest BCUT2D eigenvalue weighted by Gasteiger charge is 2.36. The molecule has 9 nitrogen and oxygen atoms in total. The summed E-state index contributed by atoms with van der Waals surface area (Å²) in [6.45, 7) is 8.87. The quantitative estimate of drug-likeness (QED) is 0.302. The molecule has 0 bridgehead atoms. The van der Waals surface area contributed by atoms with Gasteiger partial charge >= 0.3 is 6.09 Å². The van der Waals surface area contributed by atoms with E-state index in [1.807, 2.05) is 0 Å². The van der Waals surface area contributed by atoms with Gasteiger partial charge in [0.25, 0.3) is 0 Å². The van der Waals surface area contributed by atoms with Crippen molar-refractivity contribution in [3.05, 3.63) is 48.0 Å². The van der Waals surface area contributed by atoms with Crippen LogP contribution >= 0.6 is 0 Å². The van der Waals surface area contributed by atoms with Crippen molar-refractivity contribution in [3.8, 4) is 12.3 Å². The zero-order valence-electron chi connectivity index (χ0n) is 22.6. The Morgan fingerprint density at radius 3 is 2.34 bits per heavy atom. The molecule has 0 aliphatic heterocycles. The SMILES string of the molecule is C#Cc1ccc(C(C(=O)NC2CCCCC2)N(CC=C)C(=O)C(CCC(N)=O)NC(=O)OC(C)(C)C)cc1. The topological polar surface area (TPSA) is 131 Å². The van der Waals surface area contributed by atoms with Gasteiger partial charge in [-0.1, -0.05) is 43.4 Å². The summed E-state index contributed by atoms with van der Waals surface area (Å²) in [4.78, 5) is 53.1. The van der Waals surface area contributed by atoms with Gasteiger partial charge in [0.1, 0.15) is 17.7 Å². The van der Waals surface area contributed by atoms with Gasteiger partial charge in [-0.05, 0) is 57.7 Å². The van der Waals surface area contributed by atoms with E-state index in [4.69, 9.17) is 16.9 Å². The van der Waals surface area contributed by atoms with Crippen LogP contribution in [0.5, 0.6) is 0 Å². The van der Waals surface area contributed by atoms with Crippen LogP contribution in [0.2, 0.25) is 0 Å². The molecule has 38 heavy (non-hydrogen) atoms. The van der Waals surface area contributed by atoms with Gasteiger partial charge in [-0.15, -0.1) is 13.0 Å². The third-order valence-electron chi connectivity index (χ3n) is 6.18. The number of benzene rings is 1. The number of primary amides is 1. The molecule has 1 aliphatic carbocycles. The standard InChI is InChI=1S/C29H40N4O5/c1-6-19-33(27(36)23(17-18-24(30)34)32-28(37)38-29(3,4)5)25(21-15-13-20(7-2)14-16-21)26(35)31-22-11-9-8-10-12-22/h2,6,13-16,22-23,25H,1,8-12,17-19H2,3-5H3,(H2,30,34)(H,31,35)(H,32,37). The van der Waals surface area contributed by atoms with Crippen molar-refractivity contribution in [3.63, 3.8) is 0 Å². The van der Waals surface area contributed by atoms with Crippen molar-refractivity contribution in [2.24, 2.45) is 5.73 Å². The molecule has 1 aliphatic rings. The average molecular weight is 525 g/mol. The summed E-state index contributed by atoms with van der Waals surface area (Å²) >= 11 is 0. The number of carbonyl (C=O) groups is 4. The summed E-state index contributed by atoms with van der Waals surface area (Å²) < 4.78 is 5.33. The second-order valence-corrected chi connectivity index (χ2v) is 10.5. The highest BCUT2D eigenvalue weighted by Crippen LogP contribution is 2.26. The van der Waals surface area contributed by atoms with Gasteiger partial charge in [0, 0.05) is 24.6 Å². The molecular formula is C29H40N4O5. The van der Waals surface area contributed by atoms with Crippen LogP contribution in [0.4, 0.5) is 4.79 Å². The predicted octanol–water partition coefficient (Wildman–Crippen LogP) is 3.33. The van der Waals surface area contributed by atoms with E-state index in [0.717, 1.165) is 32.1 Å². The first kappa shape index (κ1) is 30.4. The fraction of sp³-hybridized carbons (Fsp3) is 0.517. The smallest absolute Gasteiger partial charge is 0.408 e. The van der Waals surface area contributed by atoms with Gasteiger partial charge in [0.05, 0.1) is 0 Å². The summed E-state index contributed by atoms with van der Waals surface area (Å²) in [6, 6.07) is 4.66. The molecule has 9 heteroatoms. The number of alkyl carbamates (subject to hydrolysis) is 1. The molecule has 1 fully saturated rings. The van der Waals surface area contributed by atoms with E-state index in [2.05, 4.69) is 23.1 Å². The minimum Gasteiger partial charge on any atom is -0.444 e. The first-order valence-corrected chi connectivity index (χ1v) is 13.0. The lowest BCUT2D eigenvalue weighted by molar-refractivity contribution is -0.142. The Hall–Kier alpha value is -3.80. The van der Waals surface area contributed by atoms with Crippen LogP contribution in [0.1, 0.15) is 82.9 Å². The van der Waals surface area contributed by atoms with Crippen LogP contribution in [0, 0.1) is 12.3 Å². The van der Waals surface area contributed by atoms with E-state index in [9.17, 15) is 19.2 Å². The number of hydrogen-bond acceptors (Lipinski definition) is 5. The number of nitrogens with one attached hydrogen (secondary N) is 2. The number of nitrogens with zero attached hydrogens (tertiary/aromatic N) is 1. The Balaban J connectivity index is 2.45. The normalized spacial score (nSPS) is 15.3. The highest BCUT2D eigenvalue weighted by atomic mass is 16.6. The van der Waals surface area contributed by atoms with Crippen LogP contribution in [0.15, 0.2) is 36.9 Å². The van der Waals surface area contributed by atoms with Crippen molar-refractivity contribution in [1.29, 1.82) is 0 Å². The molecule has 2 rings (SSSR count). The lowest BCUT2D eigenvalue weighted by Gasteiger charge is -2.35. The zero-order chi connectivity index (χ0) is 28.3. The molecule has 0 saturated heterocycles. The minimum atomic E-state index is -1.16. The summed E-state index contributed by atoms with van der Waals surface area (Å²) in [7, 11) is 0. The van der Waals surface area contributed by atoms with E-state index in [1.54, 1.807) is 45.0 Å². The van der Waals surface area contributed by atoms with Crippen LogP contribution in [0.25, 0.3) is 0 Å². The van der Waals surface area contributed by atoms with Crippen molar-refractivity contribution in [2.45, 2.75) is 89.4 Å². The maximum absolute atomic E-state index is 13.9. The second kappa shape index (κ2) is 14.2. The summed E-state index contributed by atoms with van der Waals surface area (Å²) in [5.41, 5.74) is 5.72. The zero-order valence-corrected chi connectivity index (χ0v) is 22.6. The molecule has 0 spiro atoms. The van der Waals surface area contributed by atoms with Crippen molar-refractivity contribution in [2.75, 3.05) is 6.54 Å². The first-order valence-electron chi connectivity index (χ1n) is 13.0. The molecule has 1 aromatic rings. The second-order valence-electron chi connectivity index (χ2n) is 10.5. The lowest BCUT2D eigenvalue weighted by Crippen LogP contribution is -2.54. The third-order valence-corrected chi connectivity index (χ3v) is 6.18. The van der Waals surface area contributed by atoms with Crippen LogP contribution in [0.3, 0.4) is 0 Å². The maximum Gasteiger partial charge on any atom is 0.408 e. The Labute approximate surface area is 225 Å². The summed E-state index contributed by atoms with van der Waals surface area (Å²) in [6.07, 6.45) is 10.9.